The fourth-order valence-corrected chi connectivity index (χ4v) is 2.43. The minimum atomic E-state index is -0.725. The molecule has 0 radical (unpaired) electrons. The lowest BCUT2D eigenvalue weighted by atomic mass is 9.65. The quantitative estimate of drug-likeness (QED) is 0.833. The summed E-state index contributed by atoms with van der Waals surface area (Å²) in [5.41, 5.74) is 1.07. The smallest absolute Gasteiger partial charge is 0.314 e. The van der Waals surface area contributed by atoms with Gasteiger partial charge in [-0.2, -0.15) is 5.10 Å². The maximum Gasteiger partial charge on any atom is 0.314 e. The Morgan fingerprint density at radius 1 is 1.44 bits per heavy atom. The van der Waals surface area contributed by atoms with Gasteiger partial charge in [0.2, 0.25) is 0 Å². The molecule has 82 valence electrons. The van der Waals surface area contributed by atoms with E-state index in [2.05, 4.69) is 5.10 Å². The van der Waals surface area contributed by atoms with Gasteiger partial charge in [-0.3, -0.25) is 4.79 Å². The average molecular weight is 216 g/mol. The Hall–Kier alpha value is -1.84. The number of hydrogen-bond donors (Lipinski definition) is 1. The third kappa shape index (κ3) is 1.04. The van der Waals surface area contributed by atoms with Gasteiger partial charge in [0, 0.05) is 11.8 Å². The fraction of sp³-hybridized carbons (Fsp3) is 0.333. The predicted octanol–water partition coefficient (Wildman–Crippen LogP) is 1.84. The Bertz CT molecular complexity index is 555. The van der Waals surface area contributed by atoms with Crippen molar-refractivity contribution in [2.75, 3.05) is 0 Å². The van der Waals surface area contributed by atoms with Crippen LogP contribution in [-0.4, -0.2) is 20.7 Å². The molecule has 2 aromatic heterocycles. The van der Waals surface area contributed by atoms with Crippen LogP contribution >= 0.6 is 0 Å². The van der Waals surface area contributed by atoms with E-state index in [1.54, 1.807) is 10.7 Å². The van der Waals surface area contributed by atoms with E-state index in [1.807, 2.05) is 24.4 Å². The van der Waals surface area contributed by atoms with Crippen molar-refractivity contribution in [3.63, 3.8) is 0 Å². The van der Waals surface area contributed by atoms with E-state index in [1.165, 1.54) is 0 Å². The van der Waals surface area contributed by atoms with Crippen LogP contribution in [0.3, 0.4) is 0 Å². The summed E-state index contributed by atoms with van der Waals surface area (Å²) < 4.78 is 1.73. The van der Waals surface area contributed by atoms with Crippen molar-refractivity contribution in [2.24, 2.45) is 0 Å². The molecule has 0 aliphatic heterocycles. The van der Waals surface area contributed by atoms with E-state index in [0.29, 0.717) is 0 Å². The number of carboxylic acids is 1. The third-order valence-electron chi connectivity index (χ3n) is 3.56. The molecular weight excluding hydrogens is 204 g/mol. The van der Waals surface area contributed by atoms with E-state index < -0.39 is 11.4 Å². The molecule has 2 aromatic rings. The fourth-order valence-electron chi connectivity index (χ4n) is 2.43. The van der Waals surface area contributed by atoms with Crippen LogP contribution in [0.4, 0.5) is 0 Å². The van der Waals surface area contributed by atoms with Gasteiger partial charge >= 0.3 is 5.97 Å². The van der Waals surface area contributed by atoms with Gasteiger partial charge in [-0.1, -0.05) is 12.5 Å². The second-order valence-electron chi connectivity index (χ2n) is 4.33. The molecule has 0 aromatic carbocycles. The largest absolute Gasteiger partial charge is 0.481 e. The summed E-state index contributed by atoms with van der Waals surface area (Å²) in [6.07, 6.45) is 5.96. The van der Waals surface area contributed by atoms with Crippen LogP contribution in [-0.2, 0) is 10.2 Å². The Labute approximate surface area is 92.5 Å². The molecule has 16 heavy (non-hydrogen) atoms. The van der Waals surface area contributed by atoms with Crippen molar-refractivity contribution in [3.8, 4) is 0 Å². The molecule has 1 saturated carbocycles. The molecule has 2 heterocycles. The molecule has 4 heteroatoms. The summed E-state index contributed by atoms with van der Waals surface area (Å²) in [6, 6.07) is 5.72. The SMILES string of the molecule is O=C(O)C1(c2cnn3ccccc23)CCC1. The molecule has 4 nitrogen and oxygen atoms in total. The number of carbonyl (C=O) groups is 1. The first-order valence-electron chi connectivity index (χ1n) is 5.40. The van der Waals surface area contributed by atoms with Crippen LogP contribution in [0.15, 0.2) is 30.6 Å². The topological polar surface area (TPSA) is 54.6 Å². The summed E-state index contributed by atoms with van der Waals surface area (Å²) in [4.78, 5) is 11.4. The summed E-state index contributed by atoms with van der Waals surface area (Å²) in [5.74, 6) is -0.725. The summed E-state index contributed by atoms with van der Waals surface area (Å²) in [7, 11) is 0. The van der Waals surface area contributed by atoms with Crippen molar-refractivity contribution >= 4 is 11.5 Å². The Balaban J connectivity index is 2.22. The van der Waals surface area contributed by atoms with E-state index >= 15 is 0 Å². The zero-order valence-electron chi connectivity index (χ0n) is 8.76. The van der Waals surface area contributed by atoms with Crippen molar-refractivity contribution in [1.29, 1.82) is 0 Å². The number of aromatic nitrogens is 2. The van der Waals surface area contributed by atoms with E-state index in [-0.39, 0.29) is 0 Å². The highest BCUT2D eigenvalue weighted by molar-refractivity contribution is 5.85. The average Bonchev–Trinajstić information content (AvgIpc) is 2.61. The van der Waals surface area contributed by atoms with Crippen LogP contribution in [0.1, 0.15) is 24.8 Å². The maximum absolute atomic E-state index is 11.4. The van der Waals surface area contributed by atoms with Gasteiger partial charge in [-0.15, -0.1) is 0 Å². The molecule has 3 rings (SSSR count). The van der Waals surface area contributed by atoms with Crippen molar-refractivity contribution in [2.45, 2.75) is 24.7 Å². The molecule has 0 amide bonds. The van der Waals surface area contributed by atoms with E-state index in [4.69, 9.17) is 0 Å². The molecule has 0 saturated heterocycles. The molecule has 1 aliphatic carbocycles. The van der Waals surface area contributed by atoms with Gasteiger partial charge in [0.1, 0.15) is 0 Å². The lowest BCUT2D eigenvalue weighted by molar-refractivity contribution is -0.147. The van der Waals surface area contributed by atoms with Gasteiger partial charge in [-0.25, -0.2) is 4.52 Å². The van der Waals surface area contributed by atoms with Crippen molar-refractivity contribution in [1.82, 2.24) is 9.61 Å². The second-order valence-corrected chi connectivity index (χ2v) is 4.33. The summed E-state index contributed by atoms with van der Waals surface area (Å²) in [5, 5.41) is 13.6. The summed E-state index contributed by atoms with van der Waals surface area (Å²) >= 11 is 0. The molecule has 1 aliphatic rings. The van der Waals surface area contributed by atoms with Gasteiger partial charge in [-0.05, 0) is 25.0 Å². The molecule has 1 fully saturated rings. The first-order chi connectivity index (χ1) is 7.74. The first kappa shape index (κ1) is 9.39. The molecule has 0 atom stereocenters. The van der Waals surface area contributed by atoms with Crippen LogP contribution in [0, 0.1) is 0 Å². The van der Waals surface area contributed by atoms with Gasteiger partial charge in [0.25, 0.3) is 0 Å². The second kappa shape index (κ2) is 3.07. The lowest BCUT2D eigenvalue weighted by Crippen LogP contribution is -2.42. The number of hydrogen-bond acceptors (Lipinski definition) is 2. The number of carboxylic acid groups (broad SMARTS) is 1. The number of rotatable bonds is 2. The molecule has 0 spiro atoms. The van der Waals surface area contributed by atoms with Crippen LogP contribution < -0.4 is 0 Å². The standard InChI is InChI=1S/C12H12N2O2/c15-11(16)12(5-3-6-12)9-8-13-14-7-2-1-4-10(9)14/h1-2,4,7-8H,3,5-6H2,(H,15,16). The van der Waals surface area contributed by atoms with E-state index in [9.17, 15) is 9.90 Å². The van der Waals surface area contributed by atoms with Crippen molar-refractivity contribution in [3.05, 3.63) is 36.2 Å². The molecule has 1 N–H and O–H groups in total. The van der Waals surface area contributed by atoms with Gasteiger partial charge in [0.05, 0.1) is 17.1 Å². The Morgan fingerprint density at radius 3 is 2.88 bits per heavy atom. The Kier molecular flexibility index (Phi) is 1.80. The zero-order chi connectivity index (χ0) is 11.2. The lowest BCUT2D eigenvalue weighted by Gasteiger charge is -2.37. The highest BCUT2D eigenvalue weighted by Gasteiger charge is 2.47. The predicted molar refractivity (Wildman–Crippen MR) is 58.4 cm³/mol. The number of pyridine rings is 1. The normalized spacial score (nSPS) is 18.2. The third-order valence-corrected chi connectivity index (χ3v) is 3.56. The number of aliphatic carboxylic acids is 1. The molecule has 0 bridgehead atoms. The molecular formula is C12H12N2O2. The van der Waals surface area contributed by atoms with Crippen LogP contribution in [0.2, 0.25) is 0 Å². The molecule has 0 unspecified atom stereocenters. The Morgan fingerprint density at radius 2 is 2.25 bits per heavy atom. The van der Waals surface area contributed by atoms with Crippen molar-refractivity contribution < 1.29 is 9.90 Å². The van der Waals surface area contributed by atoms with Crippen LogP contribution in [0.5, 0.6) is 0 Å². The van der Waals surface area contributed by atoms with Gasteiger partial charge in [0.15, 0.2) is 0 Å². The van der Waals surface area contributed by atoms with Gasteiger partial charge < -0.3 is 5.11 Å². The minimum Gasteiger partial charge on any atom is -0.481 e. The number of nitrogens with zero attached hydrogens (tertiary/aromatic N) is 2. The zero-order valence-corrected chi connectivity index (χ0v) is 8.76. The summed E-state index contributed by atoms with van der Waals surface area (Å²) in [6.45, 7) is 0. The van der Waals surface area contributed by atoms with E-state index in [0.717, 1.165) is 30.3 Å². The highest BCUT2D eigenvalue weighted by atomic mass is 16.4. The minimum absolute atomic E-state index is 0.691. The monoisotopic (exact) mass is 216 g/mol. The van der Waals surface area contributed by atoms with Crippen LogP contribution in [0.25, 0.3) is 5.52 Å². The maximum atomic E-state index is 11.4. The first-order valence-corrected chi connectivity index (χ1v) is 5.40. The number of fused-ring (bicyclic) bond motifs is 1. The highest BCUT2D eigenvalue weighted by Crippen LogP contribution is 2.45.